The molecule has 0 unspecified atom stereocenters. The monoisotopic (exact) mass is 311 g/mol. The Labute approximate surface area is 127 Å². The largest absolute Gasteiger partial charge is 0.480 e. The molecule has 1 aliphatic rings. The van der Waals surface area contributed by atoms with Crippen LogP contribution in [0, 0.1) is 5.92 Å². The first kappa shape index (κ1) is 16.4. The molecule has 2 rings (SSSR count). The van der Waals surface area contributed by atoms with Crippen LogP contribution in [0.1, 0.15) is 55.0 Å². The second-order valence-electron chi connectivity index (χ2n) is 5.95. The highest BCUT2D eigenvalue weighted by Gasteiger charge is 2.42. The lowest BCUT2D eigenvalue weighted by molar-refractivity contribution is -0.146. The summed E-state index contributed by atoms with van der Waals surface area (Å²) in [6.07, 6.45) is -0.544. The summed E-state index contributed by atoms with van der Waals surface area (Å²) in [7, 11) is 0. The Balaban J connectivity index is 2.18. The molecule has 6 heteroatoms. The van der Waals surface area contributed by atoms with Gasteiger partial charge in [0.1, 0.15) is 5.54 Å². The third kappa shape index (κ3) is 3.43. The smallest absolute Gasteiger partial charge is 0.329 e. The molecular formula is C16H19F2NO3. The molecule has 1 amide bonds. The molecule has 0 saturated heterocycles. The lowest BCUT2D eigenvalue weighted by atomic mass is 9.77. The third-order valence-corrected chi connectivity index (χ3v) is 4.29. The average molecular weight is 311 g/mol. The van der Waals surface area contributed by atoms with E-state index in [4.69, 9.17) is 0 Å². The van der Waals surface area contributed by atoms with E-state index in [1.165, 1.54) is 18.2 Å². The fraction of sp³-hybridized carbons (Fsp3) is 0.500. The van der Waals surface area contributed by atoms with E-state index in [1.807, 2.05) is 6.92 Å². The van der Waals surface area contributed by atoms with Crippen molar-refractivity contribution in [3.8, 4) is 0 Å². The van der Waals surface area contributed by atoms with Crippen LogP contribution in [0.2, 0.25) is 0 Å². The van der Waals surface area contributed by atoms with E-state index in [1.54, 1.807) is 0 Å². The number of benzene rings is 1. The summed E-state index contributed by atoms with van der Waals surface area (Å²) in [5.74, 6) is -1.27. The second kappa shape index (κ2) is 6.42. The zero-order chi connectivity index (χ0) is 16.3. The minimum absolute atomic E-state index is 0.0528. The zero-order valence-electron chi connectivity index (χ0n) is 12.3. The topological polar surface area (TPSA) is 66.4 Å². The van der Waals surface area contributed by atoms with Gasteiger partial charge in [0.2, 0.25) is 0 Å². The number of halogens is 2. The first-order valence-electron chi connectivity index (χ1n) is 7.28. The van der Waals surface area contributed by atoms with E-state index in [0.29, 0.717) is 31.6 Å². The number of hydrogen-bond acceptors (Lipinski definition) is 2. The fourth-order valence-electron chi connectivity index (χ4n) is 2.75. The molecule has 1 saturated carbocycles. The number of aliphatic carboxylic acids is 1. The summed E-state index contributed by atoms with van der Waals surface area (Å²) in [4.78, 5) is 23.8. The van der Waals surface area contributed by atoms with Crippen LogP contribution in [0.4, 0.5) is 8.78 Å². The maximum absolute atomic E-state index is 12.7. The first-order valence-corrected chi connectivity index (χ1v) is 7.28. The molecule has 4 nitrogen and oxygen atoms in total. The minimum atomic E-state index is -2.67. The Morgan fingerprint density at radius 1 is 1.32 bits per heavy atom. The van der Waals surface area contributed by atoms with Gasteiger partial charge in [0.25, 0.3) is 12.3 Å². The van der Waals surface area contributed by atoms with Gasteiger partial charge in [-0.3, -0.25) is 4.79 Å². The Morgan fingerprint density at radius 3 is 2.50 bits per heavy atom. The molecule has 1 aromatic carbocycles. The molecule has 0 spiro atoms. The van der Waals surface area contributed by atoms with Crippen molar-refractivity contribution in [1.29, 1.82) is 0 Å². The van der Waals surface area contributed by atoms with Crippen LogP contribution in [-0.2, 0) is 4.79 Å². The Bertz CT molecular complexity index is 566. The van der Waals surface area contributed by atoms with Crippen molar-refractivity contribution in [2.75, 3.05) is 0 Å². The summed E-state index contributed by atoms with van der Waals surface area (Å²) in [5.41, 5.74) is -1.50. The van der Waals surface area contributed by atoms with Crippen LogP contribution in [0.15, 0.2) is 24.3 Å². The molecule has 1 fully saturated rings. The number of alkyl halides is 2. The second-order valence-corrected chi connectivity index (χ2v) is 5.95. The number of nitrogens with one attached hydrogen (secondary N) is 1. The lowest BCUT2D eigenvalue weighted by Gasteiger charge is -2.36. The van der Waals surface area contributed by atoms with Gasteiger partial charge in [-0.2, -0.15) is 0 Å². The molecule has 0 atom stereocenters. The van der Waals surface area contributed by atoms with E-state index in [9.17, 15) is 23.5 Å². The quantitative estimate of drug-likeness (QED) is 0.895. The molecular weight excluding hydrogens is 292 g/mol. The van der Waals surface area contributed by atoms with Gasteiger partial charge in [0.05, 0.1) is 0 Å². The first-order chi connectivity index (χ1) is 10.3. The average Bonchev–Trinajstić information content (AvgIpc) is 2.49. The van der Waals surface area contributed by atoms with Crippen LogP contribution >= 0.6 is 0 Å². The van der Waals surface area contributed by atoms with Crippen LogP contribution in [-0.4, -0.2) is 22.5 Å². The normalized spacial score (nSPS) is 25.0. The molecule has 120 valence electrons. The molecule has 1 aromatic rings. The standard InChI is InChI=1S/C16H19F2NO3/c1-10-5-7-16(8-6-10,15(21)22)19-14(20)12-4-2-3-11(9-12)13(17)18/h2-4,9-10,13H,5-8H2,1H3,(H,19,20)(H,21,22). The number of rotatable bonds is 4. The van der Waals surface area contributed by atoms with Gasteiger partial charge < -0.3 is 10.4 Å². The molecule has 0 bridgehead atoms. The van der Waals surface area contributed by atoms with Crippen LogP contribution < -0.4 is 5.32 Å². The van der Waals surface area contributed by atoms with Crippen LogP contribution in [0.25, 0.3) is 0 Å². The maximum atomic E-state index is 12.7. The number of hydrogen-bond donors (Lipinski definition) is 2. The van der Waals surface area contributed by atoms with Gasteiger partial charge in [-0.05, 0) is 43.7 Å². The number of carboxylic acids is 1. The highest BCUT2D eigenvalue weighted by atomic mass is 19.3. The van der Waals surface area contributed by atoms with E-state index < -0.39 is 23.8 Å². The highest BCUT2D eigenvalue weighted by molar-refractivity contribution is 5.98. The summed E-state index contributed by atoms with van der Waals surface area (Å²) < 4.78 is 25.4. The SMILES string of the molecule is CC1CCC(NC(=O)c2cccc(C(F)F)c2)(C(=O)O)CC1. The minimum Gasteiger partial charge on any atom is -0.480 e. The van der Waals surface area contributed by atoms with Gasteiger partial charge in [-0.25, -0.2) is 13.6 Å². The Kier molecular flexibility index (Phi) is 4.78. The van der Waals surface area contributed by atoms with Crippen LogP contribution in [0.3, 0.4) is 0 Å². The summed E-state index contributed by atoms with van der Waals surface area (Å²) >= 11 is 0. The van der Waals surface area contributed by atoms with Crippen molar-refractivity contribution in [3.05, 3.63) is 35.4 Å². The van der Waals surface area contributed by atoms with Crippen molar-refractivity contribution < 1.29 is 23.5 Å². The Hall–Kier alpha value is -1.98. The Morgan fingerprint density at radius 2 is 1.95 bits per heavy atom. The zero-order valence-corrected chi connectivity index (χ0v) is 12.3. The fourth-order valence-corrected chi connectivity index (χ4v) is 2.75. The van der Waals surface area contributed by atoms with E-state index in [0.717, 1.165) is 6.07 Å². The summed E-state index contributed by atoms with van der Waals surface area (Å²) in [6.45, 7) is 2.04. The molecule has 0 radical (unpaired) electrons. The molecule has 0 heterocycles. The van der Waals surface area contributed by atoms with Gasteiger partial charge >= 0.3 is 5.97 Å². The van der Waals surface area contributed by atoms with Gasteiger partial charge in [-0.1, -0.05) is 19.1 Å². The van der Waals surface area contributed by atoms with E-state index >= 15 is 0 Å². The summed E-state index contributed by atoms with van der Waals surface area (Å²) in [5, 5.41) is 12.0. The number of amides is 1. The molecule has 0 aromatic heterocycles. The predicted molar refractivity (Wildman–Crippen MR) is 76.9 cm³/mol. The highest BCUT2D eigenvalue weighted by Crippen LogP contribution is 2.32. The van der Waals surface area contributed by atoms with Crippen molar-refractivity contribution in [3.63, 3.8) is 0 Å². The summed E-state index contributed by atoms with van der Waals surface area (Å²) in [6, 6.07) is 5.10. The number of carbonyl (C=O) groups excluding carboxylic acids is 1. The molecule has 1 aliphatic carbocycles. The van der Waals surface area contributed by atoms with Gasteiger partial charge in [0, 0.05) is 11.1 Å². The van der Waals surface area contributed by atoms with Crippen molar-refractivity contribution in [1.82, 2.24) is 5.32 Å². The molecule has 2 N–H and O–H groups in total. The van der Waals surface area contributed by atoms with E-state index in [-0.39, 0.29) is 11.1 Å². The number of carboxylic acid groups (broad SMARTS) is 1. The van der Waals surface area contributed by atoms with Crippen LogP contribution in [0.5, 0.6) is 0 Å². The molecule has 0 aliphatic heterocycles. The van der Waals surface area contributed by atoms with Crippen molar-refractivity contribution in [2.45, 2.75) is 44.6 Å². The lowest BCUT2D eigenvalue weighted by Crippen LogP contribution is -2.56. The molecule has 22 heavy (non-hydrogen) atoms. The maximum Gasteiger partial charge on any atom is 0.329 e. The number of carbonyl (C=O) groups is 2. The van der Waals surface area contributed by atoms with Crippen molar-refractivity contribution >= 4 is 11.9 Å². The van der Waals surface area contributed by atoms with E-state index in [2.05, 4.69) is 5.32 Å². The van der Waals surface area contributed by atoms with Gasteiger partial charge in [0.15, 0.2) is 0 Å². The van der Waals surface area contributed by atoms with Crippen molar-refractivity contribution in [2.24, 2.45) is 5.92 Å². The predicted octanol–water partition coefficient (Wildman–Crippen LogP) is 3.39. The van der Waals surface area contributed by atoms with Gasteiger partial charge in [-0.15, -0.1) is 0 Å². The third-order valence-electron chi connectivity index (χ3n) is 4.29.